The van der Waals surface area contributed by atoms with Crippen molar-refractivity contribution >= 4 is 27.3 Å². The second kappa shape index (κ2) is 8.68. The molecule has 0 aliphatic heterocycles. The molecular formula is C21H24N4O4S. The van der Waals surface area contributed by atoms with Gasteiger partial charge in [0.25, 0.3) is 0 Å². The number of carbonyl (C=O) groups is 1. The van der Waals surface area contributed by atoms with E-state index in [0.29, 0.717) is 23.0 Å². The lowest BCUT2D eigenvalue weighted by Crippen LogP contribution is -2.23. The van der Waals surface area contributed by atoms with Gasteiger partial charge in [-0.25, -0.2) is 17.7 Å². The Morgan fingerprint density at radius 3 is 2.40 bits per heavy atom. The highest BCUT2D eigenvalue weighted by molar-refractivity contribution is 7.89. The quantitative estimate of drug-likeness (QED) is 0.622. The van der Waals surface area contributed by atoms with Gasteiger partial charge in [0, 0.05) is 33.8 Å². The normalized spacial score (nSPS) is 11.5. The van der Waals surface area contributed by atoms with E-state index in [4.69, 9.17) is 4.42 Å². The lowest BCUT2D eigenvalue weighted by atomic mass is 10.2. The Morgan fingerprint density at radius 2 is 1.77 bits per heavy atom. The minimum Gasteiger partial charge on any atom is -0.444 e. The number of hydrogen-bond donors (Lipinski definition) is 1. The summed E-state index contributed by atoms with van der Waals surface area (Å²) in [7, 11) is 2.92. The number of anilines is 2. The molecule has 3 aromatic rings. The number of nitrogens with one attached hydrogen (secondary N) is 1. The Labute approximate surface area is 176 Å². The van der Waals surface area contributed by atoms with Crippen molar-refractivity contribution in [1.29, 1.82) is 0 Å². The lowest BCUT2D eigenvalue weighted by Gasteiger charge is -2.20. The van der Waals surface area contributed by atoms with Crippen molar-refractivity contribution in [2.45, 2.75) is 11.3 Å². The smallest absolute Gasteiger partial charge is 0.242 e. The van der Waals surface area contributed by atoms with Gasteiger partial charge < -0.3 is 14.6 Å². The van der Waals surface area contributed by atoms with Gasteiger partial charge in [-0.1, -0.05) is 18.2 Å². The van der Waals surface area contributed by atoms with E-state index >= 15 is 0 Å². The molecule has 0 saturated heterocycles. The molecule has 2 aromatic carbocycles. The maximum Gasteiger partial charge on any atom is 0.242 e. The van der Waals surface area contributed by atoms with Gasteiger partial charge in [0.2, 0.25) is 21.8 Å². The Hall–Kier alpha value is -3.17. The predicted molar refractivity (Wildman–Crippen MR) is 116 cm³/mol. The molecule has 0 spiro atoms. The standard InChI is InChI=1S/C21H24N4O4S/c1-24(2)19-11-10-17(30(27,28)25(3)4)13-18(19)23-20(26)12-16-14-29-21(22-16)15-8-6-5-7-9-15/h5-11,13-14H,12H2,1-4H3,(H,23,26). The van der Waals surface area contributed by atoms with E-state index in [1.54, 1.807) is 11.0 Å². The first-order valence-corrected chi connectivity index (χ1v) is 10.7. The molecule has 0 saturated carbocycles. The topological polar surface area (TPSA) is 95.8 Å². The fourth-order valence-electron chi connectivity index (χ4n) is 2.84. The van der Waals surface area contributed by atoms with Crippen molar-refractivity contribution in [2.75, 3.05) is 38.4 Å². The van der Waals surface area contributed by atoms with Gasteiger partial charge in [-0.2, -0.15) is 0 Å². The third-order valence-corrected chi connectivity index (χ3v) is 6.23. The van der Waals surface area contributed by atoms with Crippen LogP contribution in [0.2, 0.25) is 0 Å². The maximum absolute atomic E-state index is 12.6. The molecule has 1 heterocycles. The third kappa shape index (κ3) is 4.69. The van der Waals surface area contributed by atoms with E-state index in [2.05, 4.69) is 10.3 Å². The number of aromatic nitrogens is 1. The SMILES string of the molecule is CN(C)c1ccc(S(=O)(=O)N(C)C)cc1NC(=O)Cc1coc(-c2ccccc2)n1. The second-order valence-electron chi connectivity index (χ2n) is 7.10. The van der Waals surface area contributed by atoms with Crippen molar-refractivity contribution in [3.05, 3.63) is 60.5 Å². The second-order valence-corrected chi connectivity index (χ2v) is 9.25. The highest BCUT2D eigenvalue weighted by Gasteiger charge is 2.20. The van der Waals surface area contributed by atoms with E-state index < -0.39 is 10.0 Å². The number of benzene rings is 2. The van der Waals surface area contributed by atoms with Crippen molar-refractivity contribution in [1.82, 2.24) is 9.29 Å². The molecule has 30 heavy (non-hydrogen) atoms. The molecule has 0 radical (unpaired) electrons. The van der Waals surface area contributed by atoms with Crippen LogP contribution in [0.5, 0.6) is 0 Å². The van der Waals surface area contributed by atoms with Gasteiger partial charge in [0.05, 0.1) is 28.4 Å². The molecule has 1 amide bonds. The van der Waals surface area contributed by atoms with Crippen LogP contribution in [0, 0.1) is 0 Å². The Morgan fingerprint density at radius 1 is 1.07 bits per heavy atom. The molecular weight excluding hydrogens is 404 g/mol. The summed E-state index contributed by atoms with van der Waals surface area (Å²) < 4.78 is 31.5. The van der Waals surface area contributed by atoms with E-state index in [1.165, 1.54) is 32.5 Å². The van der Waals surface area contributed by atoms with E-state index in [-0.39, 0.29) is 17.2 Å². The molecule has 158 valence electrons. The van der Waals surface area contributed by atoms with Crippen LogP contribution in [0.25, 0.3) is 11.5 Å². The zero-order chi connectivity index (χ0) is 21.9. The molecule has 3 rings (SSSR count). The monoisotopic (exact) mass is 428 g/mol. The van der Waals surface area contributed by atoms with Crippen molar-refractivity contribution < 1.29 is 17.6 Å². The first kappa shape index (κ1) is 21.5. The summed E-state index contributed by atoms with van der Waals surface area (Å²) in [6.45, 7) is 0. The number of nitrogens with zero attached hydrogens (tertiary/aromatic N) is 3. The fourth-order valence-corrected chi connectivity index (χ4v) is 3.77. The first-order valence-electron chi connectivity index (χ1n) is 9.22. The Balaban J connectivity index is 1.81. The number of oxazole rings is 1. The molecule has 9 heteroatoms. The summed E-state index contributed by atoms with van der Waals surface area (Å²) in [6, 6.07) is 14.0. The van der Waals surface area contributed by atoms with Gasteiger partial charge in [-0.05, 0) is 30.3 Å². The fraction of sp³-hybridized carbons (Fsp3) is 0.238. The van der Waals surface area contributed by atoms with Crippen molar-refractivity contribution in [2.24, 2.45) is 0 Å². The number of carbonyl (C=O) groups excluding carboxylic acids is 1. The summed E-state index contributed by atoms with van der Waals surface area (Å²) in [5.74, 6) is 0.108. The van der Waals surface area contributed by atoms with Crippen LogP contribution in [0.15, 0.2) is 64.1 Å². The number of amides is 1. The zero-order valence-corrected chi connectivity index (χ0v) is 18.1. The number of sulfonamides is 1. The summed E-state index contributed by atoms with van der Waals surface area (Å²) >= 11 is 0. The Bertz CT molecular complexity index is 1140. The van der Waals surface area contributed by atoms with Crippen molar-refractivity contribution in [3.63, 3.8) is 0 Å². The van der Waals surface area contributed by atoms with Crippen LogP contribution in [0.3, 0.4) is 0 Å². The zero-order valence-electron chi connectivity index (χ0n) is 17.3. The number of rotatable bonds is 7. The van der Waals surface area contributed by atoms with E-state index in [9.17, 15) is 13.2 Å². The van der Waals surface area contributed by atoms with Crippen LogP contribution in [0.4, 0.5) is 11.4 Å². The maximum atomic E-state index is 12.6. The molecule has 0 fully saturated rings. The van der Waals surface area contributed by atoms with Gasteiger partial charge in [0.15, 0.2) is 0 Å². The molecule has 0 aliphatic carbocycles. The van der Waals surface area contributed by atoms with Crippen LogP contribution >= 0.6 is 0 Å². The minimum absolute atomic E-state index is 0.00609. The van der Waals surface area contributed by atoms with Crippen LogP contribution in [0.1, 0.15) is 5.69 Å². The van der Waals surface area contributed by atoms with E-state index in [1.807, 2.05) is 44.4 Å². The van der Waals surface area contributed by atoms with E-state index in [0.717, 1.165) is 9.87 Å². The summed E-state index contributed by atoms with van der Waals surface area (Å²) in [5.41, 5.74) is 2.39. The van der Waals surface area contributed by atoms with Gasteiger partial charge in [-0.3, -0.25) is 4.79 Å². The van der Waals surface area contributed by atoms with Crippen LogP contribution < -0.4 is 10.2 Å². The number of hydrogen-bond acceptors (Lipinski definition) is 6. The molecule has 0 bridgehead atoms. The minimum atomic E-state index is -3.63. The van der Waals surface area contributed by atoms with Gasteiger partial charge >= 0.3 is 0 Å². The Kier molecular flexibility index (Phi) is 6.23. The average Bonchev–Trinajstić information content (AvgIpc) is 3.16. The summed E-state index contributed by atoms with van der Waals surface area (Å²) in [4.78, 5) is 18.9. The summed E-state index contributed by atoms with van der Waals surface area (Å²) in [5, 5.41) is 2.80. The first-order chi connectivity index (χ1) is 14.2. The molecule has 0 unspecified atom stereocenters. The van der Waals surface area contributed by atoms with Gasteiger partial charge in [0.1, 0.15) is 6.26 Å². The molecule has 1 aromatic heterocycles. The van der Waals surface area contributed by atoms with Crippen molar-refractivity contribution in [3.8, 4) is 11.5 Å². The third-order valence-electron chi connectivity index (χ3n) is 4.42. The van der Waals surface area contributed by atoms with Crippen LogP contribution in [-0.2, 0) is 21.2 Å². The van der Waals surface area contributed by atoms with Crippen LogP contribution in [-0.4, -0.2) is 51.8 Å². The molecule has 1 N–H and O–H groups in total. The molecule has 8 nitrogen and oxygen atoms in total. The average molecular weight is 429 g/mol. The highest BCUT2D eigenvalue weighted by Crippen LogP contribution is 2.29. The lowest BCUT2D eigenvalue weighted by molar-refractivity contribution is -0.115. The van der Waals surface area contributed by atoms with Gasteiger partial charge in [-0.15, -0.1) is 0 Å². The predicted octanol–water partition coefficient (Wildman–Crippen LogP) is 2.84. The molecule has 0 atom stereocenters. The molecule has 0 aliphatic rings. The highest BCUT2D eigenvalue weighted by atomic mass is 32.2. The summed E-state index contributed by atoms with van der Waals surface area (Å²) in [6.07, 6.45) is 1.44. The largest absolute Gasteiger partial charge is 0.444 e.